The SMILES string of the molecule is CCC(=O)Nc1ccc(N2C(=S)N[C@@H](c3ccccn3)[C@@H]2c2cc(C)n(-c3ccc(C)cn3)c2C)cc1OC. The van der Waals surface area contributed by atoms with Gasteiger partial charge in [-0.2, -0.15) is 0 Å². The number of aryl methyl sites for hydroxylation is 2. The maximum atomic E-state index is 12.1. The van der Waals surface area contributed by atoms with Crippen LogP contribution in [0.2, 0.25) is 0 Å². The second-order valence-electron chi connectivity index (χ2n) is 9.64. The number of ether oxygens (including phenoxy) is 1. The molecule has 0 bridgehead atoms. The number of rotatable bonds is 7. The van der Waals surface area contributed by atoms with Gasteiger partial charge in [0.05, 0.1) is 30.6 Å². The van der Waals surface area contributed by atoms with Gasteiger partial charge in [-0.3, -0.25) is 9.78 Å². The molecule has 200 valence electrons. The third-order valence-corrected chi connectivity index (χ3v) is 7.38. The molecule has 0 spiro atoms. The number of carbonyl (C=O) groups is 1. The molecule has 1 aliphatic heterocycles. The molecular weight excluding hydrogens is 508 g/mol. The van der Waals surface area contributed by atoms with Crippen molar-refractivity contribution in [1.82, 2.24) is 19.9 Å². The zero-order chi connectivity index (χ0) is 27.7. The Morgan fingerprint density at radius 2 is 1.92 bits per heavy atom. The summed E-state index contributed by atoms with van der Waals surface area (Å²) in [6, 6.07) is 17.6. The normalized spacial score (nSPS) is 16.7. The Morgan fingerprint density at radius 1 is 1.10 bits per heavy atom. The van der Waals surface area contributed by atoms with E-state index in [1.165, 1.54) is 0 Å². The zero-order valence-electron chi connectivity index (χ0n) is 22.7. The summed E-state index contributed by atoms with van der Waals surface area (Å²) in [5.74, 6) is 1.35. The lowest BCUT2D eigenvalue weighted by Crippen LogP contribution is -2.29. The maximum Gasteiger partial charge on any atom is 0.224 e. The van der Waals surface area contributed by atoms with E-state index in [1.807, 2.05) is 62.5 Å². The summed E-state index contributed by atoms with van der Waals surface area (Å²) in [5.41, 5.74) is 6.73. The number of nitrogens with one attached hydrogen (secondary N) is 2. The number of hydrogen-bond donors (Lipinski definition) is 2. The number of thiocarbonyl (C=S) groups is 1. The van der Waals surface area contributed by atoms with Crippen LogP contribution < -0.4 is 20.3 Å². The monoisotopic (exact) mass is 540 g/mol. The number of amides is 1. The minimum absolute atomic E-state index is 0.0790. The Balaban J connectivity index is 1.64. The summed E-state index contributed by atoms with van der Waals surface area (Å²) < 4.78 is 7.84. The molecule has 3 aromatic heterocycles. The lowest BCUT2D eigenvalue weighted by Gasteiger charge is -2.28. The van der Waals surface area contributed by atoms with Crippen LogP contribution in [-0.2, 0) is 4.79 Å². The van der Waals surface area contributed by atoms with Crippen molar-refractivity contribution in [3.8, 4) is 11.6 Å². The van der Waals surface area contributed by atoms with Crippen LogP contribution >= 0.6 is 12.2 Å². The number of nitrogens with zero attached hydrogens (tertiary/aromatic N) is 4. The summed E-state index contributed by atoms with van der Waals surface area (Å²) in [4.78, 5) is 23.5. The largest absolute Gasteiger partial charge is 0.494 e. The highest BCUT2D eigenvalue weighted by Gasteiger charge is 2.42. The van der Waals surface area contributed by atoms with Gasteiger partial charge in [0.2, 0.25) is 5.91 Å². The van der Waals surface area contributed by atoms with Crippen molar-refractivity contribution in [3.05, 3.63) is 95.2 Å². The highest BCUT2D eigenvalue weighted by atomic mass is 32.1. The highest BCUT2D eigenvalue weighted by Crippen LogP contribution is 2.45. The fraction of sp³-hybridized carbons (Fsp3) is 0.267. The van der Waals surface area contributed by atoms with Crippen molar-refractivity contribution in [2.24, 2.45) is 0 Å². The van der Waals surface area contributed by atoms with Crippen LogP contribution in [0.15, 0.2) is 67.0 Å². The first-order valence-electron chi connectivity index (χ1n) is 12.9. The Bertz CT molecular complexity index is 1520. The third-order valence-electron chi connectivity index (χ3n) is 7.07. The lowest BCUT2D eigenvalue weighted by molar-refractivity contribution is -0.115. The Labute approximate surface area is 234 Å². The van der Waals surface area contributed by atoms with Gasteiger partial charge in [0, 0.05) is 42.0 Å². The van der Waals surface area contributed by atoms with E-state index in [1.54, 1.807) is 13.3 Å². The van der Waals surface area contributed by atoms with E-state index in [4.69, 9.17) is 17.0 Å². The smallest absolute Gasteiger partial charge is 0.224 e. The second-order valence-corrected chi connectivity index (χ2v) is 10.0. The molecule has 1 amide bonds. The van der Waals surface area contributed by atoms with Crippen LogP contribution in [0.1, 0.15) is 53.6 Å². The zero-order valence-corrected chi connectivity index (χ0v) is 23.5. The van der Waals surface area contributed by atoms with Gasteiger partial charge in [0.25, 0.3) is 0 Å². The number of benzene rings is 1. The predicted octanol–water partition coefficient (Wildman–Crippen LogP) is 5.73. The van der Waals surface area contributed by atoms with Gasteiger partial charge in [-0.1, -0.05) is 19.1 Å². The lowest BCUT2D eigenvalue weighted by atomic mass is 9.96. The maximum absolute atomic E-state index is 12.1. The number of carbonyl (C=O) groups excluding carboxylic acids is 1. The average Bonchev–Trinajstić information content (AvgIpc) is 3.44. The Morgan fingerprint density at radius 3 is 2.59 bits per heavy atom. The summed E-state index contributed by atoms with van der Waals surface area (Å²) >= 11 is 5.93. The quantitative estimate of drug-likeness (QED) is 0.290. The van der Waals surface area contributed by atoms with Gasteiger partial charge in [0.15, 0.2) is 5.11 Å². The van der Waals surface area contributed by atoms with Gasteiger partial charge in [-0.15, -0.1) is 0 Å². The number of anilines is 2. The minimum atomic E-state index is -0.196. The fourth-order valence-electron chi connectivity index (χ4n) is 5.15. The van der Waals surface area contributed by atoms with Crippen LogP contribution in [0.25, 0.3) is 5.82 Å². The van der Waals surface area contributed by atoms with E-state index < -0.39 is 0 Å². The Kier molecular flexibility index (Phi) is 7.34. The first-order chi connectivity index (χ1) is 18.8. The highest BCUT2D eigenvalue weighted by molar-refractivity contribution is 7.80. The minimum Gasteiger partial charge on any atom is -0.494 e. The molecule has 9 heteroatoms. The molecule has 8 nitrogen and oxygen atoms in total. The first-order valence-corrected chi connectivity index (χ1v) is 13.3. The van der Waals surface area contributed by atoms with Crippen LogP contribution in [-0.4, -0.2) is 32.7 Å². The number of pyridine rings is 2. The van der Waals surface area contributed by atoms with Crippen LogP contribution in [0.5, 0.6) is 5.75 Å². The molecule has 1 aliphatic rings. The van der Waals surface area contributed by atoms with Crippen molar-refractivity contribution in [2.75, 3.05) is 17.3 Å². The molecule has 2 N–H and O–H groups in total. The average molecular weight is 541 g/mol. The van der Waals surface area contributed by atoms with Crippen molar-refractivity contribution in [3.63, 3.8) is 0 Å². The van der Waals surface area contributed by atoms with Gasteiger partial charge < -0.3 is 24.8 Å². The first kappa shape index (κ1) is 26.4. The molecule has 4 heterocycles. The molecule has 0 saturated carbocycles. The fourth-order valence-corrected chi connectivity index (χ4v) is 5.50. The molecule has 5 rings (SSSR count). The molecule has 0 aliphatic carbocycles. The van der Waals surface area contributed by atoms with Crippen molar-refractivity contribution < 1.29 is 9.53 Å². The molecule has 39 heavy (non-hydrogen) atoms. The molecule has 0 unspecified atom stereocenters. The topological polar surface area (TPSA) is 84.3 Å². The predicted molar refractivity (Wildman–Crippen MR) is 158 cm³/mol. The van der Waals surface area contributed by atoms with Crippen molar-refractivity contribution >= 4 is 34.6 Å². The molecule has 1 aromatic carbocycles. The molecule has 1 saturated heterocycles. The van der Waals surface area contributed by atoms with Gasteiger partial charge in [0.1, 0.15) is 11.6 Å². The summed E-state index contributed by atoms with van der Waals surface area (Å²) in [5, 5.41) is 7.02. The van der Waals surface area contributed by atoms with E-state index in [0.29, 0.717) is 23.0 Å². The van der Waals surface area contributed by atoms with E-state index >= 15 is 0 Å². The van der Waals surface area contributed by atoms with Crippen LogP contribution in [0.4, 0.5) is 11.4 Å². The molecule has 2 atom stereocenters. The van der Waals surface area contributed by atoms with Crippen molar-refractivity contribution in [2.45, 2.75) is 46.2 Å². The molecular formula is C30H32N6O2S. The number of hydrogen-bond acceptors (Lipinski definition) is 5. The van der Waals surface area contributed by atoms with E-state index in [2.05, 4.69) is 56.0 Å². The Hall–Kier alpha value is -4.24. The van der Waals surface area contributed by atoms with Crippen molar-refractivity contribution in [1.29, 1.82) is 0 Å². The molecule has 4 aromatic rings. The van der Waals surface area contributed by atoms with E-state index in [-0.39, 0.29) is 18.0 Å². The van der Waals surface area contributed by atoms with Crippen LogP contribution in [0.3, 0.4) is 0 Å². The summed E-state index contributed by atoms with van der Waals surface area (Å²) in [6.07, 6.45) is 4.06. The summed E-state index contributed by atoms with van der Waals surface area (Å²) in [7, 11) is 1.59. The van der Waals surface area contributed by atoms with Gasteiger partial charge in [-0.05, 0) is 80.5 Å². The molecule has 1 fully saturated rings. The molecule has 0 radical (unpaired) electrons. The number of aromatic nitrogens is 3. The van der Waals surface area contributed by atoms with Gasteiger partial charge >= 0.3 is 0 Å². The van der Waals surface area contributed by atoms with Gasteiger partial charge in [-0.25, -0.2) is 4.98 Å². The van der Waals surface area contributed by atoms with E-state index in [9.17, 15) is 4.79 Å². The number of methoxy groups -OCH3 is 1. The second kappa shape index (κ2) is 10.9. The van der Waals surface area contributed by atoms with Crippen LogP contribution in [0, 0.1) is 20.8 Å². The summed E-state index contributed by atoms with van der Waals surface area (Å²) in [6.45, 7) is 8.05. The van der Waals surface area contributed by atoms with E-state index in [0.717, 1.165) is 39.7 Å². The standard InChI is InChI=1S/C30H32N6O2S/c1-6-27(37)33-23-12-11-21(16-25(23)38-5)36-29(28(34-30(36)39)24-9-7-8-14-31-24)22-15-19(3)35(20(22)4)26-13-10-18(2)17-32-26/h7-17,28-29H,6H2,1-5H3,(H,33,37)(H,34,39)/t28-,29-/m0/s1. The third kappa shape index (κ3) is 4.97.